The third kappa shape index (κ3) is 2.99. The summed E-state index contributed by atoms with van der Waals surface area (Å²) in [4.78, 5) is 36.3. The number of rotatable bonds is 3. The lowest BCUT2D eigenvalue weighted by Crippen LogP contribution is -2.24. The number of ketones is 1. The normalized spacial score (nSPS) is 19.0. The lowest BCUT2D eigenvalue weighted by Gasteiger charge is -2.20. The number of halogens is 1. The van der Waals surface area contributed by atoms with E-state index in [0.29, 0.717) is 11.1 Å². The van der Waals surface area contributed by atoms with Crippen LogP contribution < -0.4 is 0 Å². The number of likely N-dealkylation sites (N-methyl/N-ethyl adjacent to an activating group) is 1. The molecular formula is C18H13BrN2O5. The molecule has 2 aromatic carbocycles. The number of nitro benzene ring substituents is 1. The van der Waals surface area contributed by atoms with Gasteiger partial charge in [0.05, 0.1) is 16.5 Å². The number of aliphatic hydroxyl groups excluding tert-OH is 1. The molecule has 3 rings (SSSR count). The van der Waals surface area contributed by atoms with Gasteiger partial charge in [-0.05, 0) is 17.7 Å². The molecule has 0 aromatic heterocycles. The van der Waals surface area contributed by atoms with Crippen LogP contribution in [0.2, 0.25) is 0 Å². The van der Waals surface area contributed by atoms with Crippen LogP contribution in [0.4, 0.5) is 5.69 Å². The van der Waals surface area contributed by atoms with Crippen LogP contribution in [0.15, 0.2) is 58.6 Å². The van der Waals surface area contributed by atoms with Gasteiger partial charge in [0.1, 0.15) is 5.76 Å². The predicted molar refractivity (Wildman–Crippen MR) is 97.3 cm³/mol. The average Bonchev–Trinajstić information content (AvgIpc) is 2.86. The molecule has 0 bridgehead atoms. The summed E-state index contributed by atoms with van der Waals surface area (Å²) in [5.41, 5.74) is 0.486. The van der Waals surface area contributed by atoms with Gasteiger partial charge in [-0.3, -0.25) is 19.7 Å². The first-order valence-corrected chi connectivity index (χ1v) is 8.35. The van der Waals surface area contributed by atoms with E-state index in [1.807, 2.05) is 0 Å². The molecule has 0 aliphatic carbocycles. The Labute approximate surface area is 156 Å². The summed E-state index contributed by atoms with van der Waals surface area (Å²) in [5, 5.41) is 21.7. The Morgan fingerprint density at radius 2 is 1.85 bits per heavy atom. The van der Waals surface area contributed by atoms with E-state index in [9.17, 15) is 24.8 Å². The van der Waals surface area contributed by atoms with Crippen molar-refractivity contribution in [3.63, 3.8) is 0 Å². The molecule has 1 heterocycles. The molecule has 1 amide bonds. The van der Waals surface area contributed by atoms with Crippen LogP contribution in [0.5, 0.6) is 0 Å². The molecule has 1 fully saturated rings. The maximum absolute atomic E-state index is 12.4. The Morgan fingerprint density at radius 3 is 2.46 bits per heavy atom. The zero-order valence-electron chi connectivity index (χ0n) is 13.5. The molecular weight excluding hydrogens is 404 g/mol. The van der Waals surface area contributed by atoms with E-state index in [2.05, 4.69) is 15.9 Å². The Kier molecular flexibility index (Phi) is 4.60. The fourth-order valence-corrected chi connectivity index (χ4v) is 3.17. The fraction of sp³-hybridized carbons (Fsp3) is 0.111. The van der Waals surface area contributed by atoms with Crippen molar-refractivity contribution < 1.29 is 19.6 Å². The van der Waals surface area contributed by atoms with Gasteiger partial charge in [-0.1, -0.05) is 40.2 Å². The molecule has 0 spiro atoms. The summed E-state index contributed by atoms with van der Waals surface area (Å²) >= 11 is 3.29. The number of amides is 1. The summed E-state index contributed by atoms with van der Waals surface area (Å²) in [5.74, 6) is -1.93. The van der Waals surface area contributed by atoms with E-state index in [1.165, 1.54) is 30.1 Å². The van der Waals surface area contributed by atoms with Crippen LogP contribution in [0.25, 0.3) is 5.76 Å². The van der Waals surface area contributed by atoms with Gasteiger partial charge in [-0.25, -0.2) is 0 Å². The molecule has 0 unspecified atom stereocenters. The van der Waals surface area contributed by atoms with Gasteiger partial charge in [-0.15, -0.1) is 0 Å². The maximum Gasteiger partial charge on any atom is 0.295 e. The number of benzene rings is 2. The number of nitrogens with zero attached hydrogens (tertiary/aromatic N) is 2. The highest BCUT2D eigenvalue weighted by atomic mass is 79.9. The van der Waals surface area contributed by atoms with Crippen molar-refractivity contribution in [2.45, 2.75) is 6.04 Å². The van der Waals surface area contributed by atoms with Gasteiger partial charge in [0.2, 0.25) is 0 Å². The van der Waals surface area contributed by atoms with E-state index in [1.54, 1.807) is 30.3 Å². The van der Waals surface area contributed by atoms with E-state index in [4.69, 9.17) is 0 Å². The number of hydrogen-bond donors (Lipinski definition) is 1. The Balaban J connectivity index is 2.18. The van der Waals surface area contributed by atoms with Crippen LogP contribution in [0.1, 0.15) is 17.2 Å². The van der Waals surface area contributed by atoms with Gasteiger partial charge in [0.25, 0.3) is 17.4 Å². The van der Waals surface area contributed by atoms with Crippen molar-refractivity contribution in [2.75, 3.05) is 7.05 Å². The van der Waals surface area contributed by atoms with Gasteiger partial charge >= 0.3 is 0 Å². The smallest absolute Gasteiger partial charge is 0.295 e. The lowest BCUT2D eigenvalue weighted by atomic mass is 9.95. The van der Waals surface area contributed by atoms with Gasteiger partial charge in [0.15, 0.2) is 0 Å². The number of Topliss-reactive ketones (excluding diaryl/α,β-unsaturated/α-hetero) is 1. The van der Waals surface area contributed by atoms with E-state index < -0.39 is 22.7 Å². The Bertz CT molecular complexity index is 952. The third-order valence-corrected chi connectivity index (χ3v) is 4.72. The highest BCUT2D eigenvalue weighted by Gasteiger charge is 2.44. The Hall–Kier alpha value is -3.00. The molecule has 8 heteroatoms. The first kappa shape index (κ1) is 17.8. The molecule has 2 aromatic rings. The molecule has 26 heavy (non-hydrogen) atoms. The minimum atomic E-state index is -0.904. The quantitative estimate of drug-likeness (QED) is 0.271. The van der Waals surface area contributed by atoms with Crippen LogP contribution in [-0.4, -0.2) is 33.7 Å². The molecule has 0 radical (unpaired) electrons. The summed E-state index contributed by atoms with van der Waals surface area (Å²) < 4.78 is 0.792. The van der Waals surface area contributed by atoms with E-state index in [0.717, 1.165) is 4.47 Å². The third-order valence-electron chi connectivity index (χ3n) is 4.19. The zero-order valence-corrected chi connectivity index (χ0v) is 15.1. The molecule has 1 aliphatic rings. The van der Waals surface area contributed by atoms with Gasteiger partial charge in [-0.2, -0.15) is 0 Å². The fourth-order valence-electron chi connectivity index (χ4n) is 2.91. The summed E-state index contributed by atoms with van der Waals surface area (Å²) in [6.07, 6.45) is 0. The van der Waals surface area contributed by atoms with Crippen LogP contribution in [0.3, 0.4) is 0 Å². The minimum absolute atomic E-state index is 0.0969. The molecule has 132 valence electrons. The highest BCUT2D eigenvalue weighted by molar-refractivity contribution is 9.10. The number of carbonyl (C=O) groups excluding carboxylic acids is 2. The van der Waals surface area contributed by atoms with Crippen molar-refractivity contribution in [3.05, 3.63) is 79.8 Å². The monoisotopic (exact) mass is 416 g/mol. The molecule has 1 saturated heterocycles. The second kappa shape index (κ2) is 6.72. The van der Waals surface area contributed by atoms with Crippen molar-refractivity contribution >= 4 is 39.1 Å². The van der Waals surface area contributed by atoms with Crippen LogP contribution in [0, 0.1) is 10.1 Å². The molecule has 0 saturated carbocycles. The summed E-state index contributed by atoms with van der Waals surface area (Å²) in [6.45, 7) is 0. The van der Waals surface area contributed by atoms with Crippen molar-refractivity contribution in [3.8, 4) is 0 Å². The van der Waals surface area contributed by atoms with Crippen molar-refractivity contribution in [1.82, 2.24) is 4.90 Å². The average molecular weight is 417 g/mol. The highest BCUT2D eigenvalue weighted by Crippen LogP contribution is 2.39. The standard InChI is InChI=1S/C18H13BrN2O5/c1-20-15(11-3-2-4-13(9-11)21(25)26)14(17(23)18(20)24)16(22)10-5-7-12(19)8-6-10/h2-9,15,22H,1H3/b16-14+/t15-/m0/s1. The summed E-state index contributed by atoms with van der Waals surface area (Å²) in [6, 6.07) is 11.4. The molecule has 1 aliphatic heterocycles. The number of aliphatic hydroxyl groups is 1. The first-order valence-electron chi connectivity index (χ1n) is 7.56. The minimum Gasteiger partial charge on any atom is -0.507 e. The van der Waals surface area contributed by atoms with Gasteiger partial charge < -0.3 is 10.0 Å². The van der Waals surface area contributed by atoms with Crippen molar-refractivity contribution in [2.24, 2.45) is 0 Å². The molecule has 1 atom stereocenters. The largest absolute Gasteiger partial charge is 0.507 e. The number of likely N-dealkylation sites (tertiary alicyclic amines) is 1. The topological polar surface area (TPSA) is 101 Å². The maximum atomic E-state index is 12.4. The second-order valence-electron chi connectivity index (χ2n) is 5.77. The first-order chi connectivity index (χ1) is 12.3. The molecule has 1 N–H and O–H groups in total. The number of hydrogen-bond acceptors (Lipinski definition) is 5. The lowest BCUT2D eigenvalue weighted by molar-refractivity contribution is -0.384. The van der Waals surface area contributed by atoms with Gasteiger partial charge in [0, 0.05) is 29.2 Å². The van der Waals surface area contributed by atoms with Crippen LogP contribution in [-0.2, 0) is 9.59 Å². The zero-order chi connectivity index (χ0) is 19.0. The SMILES string of the molecule is CN1C(=O)C(=O)/C(=C(/O)c2ccc(Br)cc2)[C@@H]1c1cccc([N+](=O)[O-])c1. The number of carbonyl (C=O) groups is 2. The summed E-state index contributed by atoms with van der Waals surface area (Å²) in [7, 11) is 1.42. The number of non-ortho nitro benzene ring substituents is 1. The van der Waals surface area contributed by atoms with Crippen molar-refractivity contribution in [1.29, 1.82) is 0 Å². The second-order valence-corrected chi connectivity index (χ2v) is 6.68. The number of nitro groups is 1. The predicted octanol–water partition coefficient (Wildman–Crippen LogP) is 3.41. The molecule has 7 nitrogen and oxygen atoms in total. The Morgan fingerprint density at radius 1 is 1.19 bits per heavy atom. The van der Waals surface area contributed by atoms with Crippen LogP contribution >= 0.6 is 15.9 Å². The van der Waals surface area contributed by atoms with E-state index in [-0.39, 0.29) is 17.0 Å². The van der Waals surface area contributed by atoms with E-state index >= 15 is 0 Å².